The summed E-state index contributed by atoms with van der Waals surface area (Å²) in [5.41, 5.74) is 3.35. The van der Waals surface area contributed by atoms with Crippen molar-refractivity contribution in [1.82, 2.24) is 15.3 Å². The summed E-state index contributed by atoms with van der Waals surface area (Å²) >= 11 is 3.14. The highest BCUT2D eigenvalue weighted by Gasteiger charge is 2.25. The molecule has 0 spiro atoms. The topological polar surface area (TPSA) is 73.3 Å². The molecule has 1 fully saturated rings. The van der Waals surface area contributed by atoms with E-state index in [0.29, 0.717) is 28.9 Å². The number of rotatable bonds is 8. The molecule has 0 unspecified atom stereocenters. The number of hydrogen-bond donors (Lipinski definition) is 1. The molecule has 0 radical (unpaired) electrons. The van der Waals surface area contributed by atoms with E-state index in [1.165, 1.54) is 0 Å². The quantitative estimate of drug-likeness (QED) is 0.335. The van der Waals surface area contributed by atoms with Crippen LogP contribution in [0.5, 0.6) is 11.5 Å². The van der Waals surface area contributed by atoms with E-state index >= 15 is 0 Å². The zero-order chi connectivity index (χ0) is 22.8. The molecule has 1 aliphatic rings. The van der Waals surface area contributed by atoms with E-state index in [4.69, 9.17) is 19.4 Å². The van der Waals surface area contributed by atoms with E-state index in [1.807, 2.05) is 53.9 Å². The first kappa shape index (κ1) is 21.7. The van der Waals surface area contributed by atoms with Gasteiger partial charge in [-0.15, -0.1) is 11.3 Å². The van der Waals surface area contributed by atoms with Gasteiger partial charge in [0.05, 0.1) is 41.6 Å². The molecule has 2 aromatic heterocycles. The van der Waals surface area contributed by atoms with E-state index in [0.717, 1.165) is 45.0 Å². The zero-order valence-electron chi connectivity index (χ0n) is 18.3. The molecule has 1 N–H and O–H groups in total. The van der Waals surface area contributed by atoms with Crippen molar-refractivity contribution in [2.45, 2.75) is 29.7 Å². The molecule has 2 heterocycles. The van der Waals surface area contributed by atoms with Crippen molar-refractivity contribution in [2.24, 2.45) is 0 Å². The molecule has 1 amide bonds. The number of pyridine rings is 1. The van der Waals surface area contributed by atoms with Crippen LogP contribution in [0.15, 0.2) is 58.9 Å². The van der Waals surface area contributed by atoms with E-state index in [9.17, 15) is 4.79 Å². The maximum Gasteiger partial charge on any atom is 0.252 e. The van der Waals surface area contributed by atoms with Crippen LogP contribution < -0.4 is 14.8 Å². The Bertz CT molecular complexity index is 1320. The van der Waals surface area contributed by atoms with Crippen LogP contribution in [-0.2, 0) is 5.75 Å². The largest absolute Gasteiger partial charge is 0.493 e. The van der Waals surface area contributed by atoms with Gasteiger partial charge in [0.2, 0.25) is 0 Å². The Morgan fingerprint density at radius 1 is 1.12 bits per heavy atom. The second kappa shape index (κ2) is 9.41. The van der Waals surface area contributed by atoms with Crippen LogP contribution in [0.3, 0.4) is 0 Å². The number of carbonyl (C=O) groups is 1. The number of amides is 1. The standard InChI is InChI=1S/C25H23N3O3S2/c1-30-21-9-5-7-18(23(21)31-2)25-27-16(14-33-25)13-32-22-12-19(24(29)26-15-10-11-15)17-6-3-4-8-20(17)28-22/h3-9,12,14-15H,10-11,13H2,1-2H3,(H,26,29). The van der Waals surface area contributed by atoms with Gasteiger partial charge in [-0.25, -0.2) is 9.97 Å². The Balaban J connectivity index is 1.38. The second-order valence-corrected chi connectivity index (χ2v) is 9.60. The van der Waals surface area contributed by atoms with Crippen molar-refractivity contribution in [1.29, 1.82) is 0 Å². The number of nitrogens with zero attached hydrogens (tertiary/aromatic N) is 2. The summed E-state index contributed by atoms with van der Waals surface area (Å²) in [4.78, 5) is 22.4. The van der Waals surface area contributed by atoms with E-state index in [-0.39, 0.29) is 5.91 Å². The normalized spacial score (nSPS) is 13.2. The van der Waals surface area contributed by atoms with Crippen LogP contribution >= 0.6 is 23.1 Å². The Hall–Kier alpha value is -3.10. The molecule has 2 aromatic carbocycles. The van der Waals surface area contributed by atoms with Gasteiger partial charge in [0.1, 0.15) is 5.01 Å². The molecule has 0 aliphatic heterocycles. The first-order chi connectivity index (χ1) is 16.2. The lowest BCUT2D eigenvalue weighted by Gasteiger charge is -2.10. The van der Waals surface area contributed by atoms with Crippen molar-refractivity contribution < 1.29 is 14.3 Å². The first-order valence-corrected chi connectivity index (χ1v) is 12.5. The fourth-order valence-corrected chi connectivity index (χ4v) is 5.36. The number of hydrogen-bond acceptors (Lipinski definition) is 7. The van der Waals surface area contributed by atoms with E-state index in [1.54, 1.807) is 37.3 Å². The maximum atomic E-state index is 12.8. The van der Waals surface area contributed by atoms with Gasteiger partial charge < -0.3 is 14.8 Å². The van der Waals surface area contributed by atoms with Crippen LogP contribution in [-0.4, -0.2) is 36.1 Å². The maximum absolute atomic E-state index is 12.8. The predicted octanol–water partition coefficient (Wildman–Crippen LogP) is 5.56. The number of fused-ring (bicyclic) bond motifs is 1. The molecule has 33 heavy (non-hydrogen) atoms. The summed E-state index contributed by atoms with van der Waals surface area (Å²) in [5, 5.41) is 7.70. The van der Waals surface area contributed by atoms with Crippen molar-refractivity contribution in [3.05, 3.63) is 65.2 Å². The molecule has 168 valence electrons. The number of para-hydroxylation sites is 2. The Morgan fingerprint density at radius 3 is 2.76 bits per heavy atom. The molecule has 0 saturated heterocycles. The molecule has 6 nitrogen and oxygen atoms in total. The zero-order valence-corrected chi connectivity index (χ0v) is 20.0. The number of methoxy groups -OCH3 is 2. The fourth-order valence-electron chi connectivity index (χ4n) is 3.60. The van der Waals surface area contributed by atoms with Gasteiger partial charge in [-0.2, -0.15) is 0 Å². The lowest BCUT2D eigenvalue weighted by Crippen LogP contribution is -2.25. The van der Waals surface area contributed by atoms with Gasteiger partial charge in [0.25, 0.3) is 5.91 Å². The molecular weight excluding hydrogens is 454 g/mol. The number of benzene rings is 2. The van der Waals surface area contributed by atoms with Crippen LogP contribution in [0.2, 0.25) is 0 Å². The van der Waals surface area contributed by atoms with E-state index < -0.39 is 0 Å². The van der Waals surface area contributed by atoms with Gasteiger partial charge in [0, 0.05) is 22.6 Å². The van der Waals surface area contributed by atoms with Crippen molar-refractivity contribution in [3.8, 4) is 22.1 Å². The van der Waals surface area contributed by atoms with Gasteiger partial charge in [-0.3, -0.25) is 4.79 Å². The fraction of sp³-hybridized carbons (Fsp3) is 0.240. The summed E-state index contributed by atoms with van der Waals surface area (Å²) < 4.78 is 11.0. The predicted molar refractivity (Wildman–Crippen MR) is 132 cm³/mol. The Morgan fingerprint density at radius 2 is 1.97 bits per heavy atom. The number of thiazole rings is 1. The monoisotopic (exact) mass is 477 g/mol. The third-order valence-electron chi connectivity index (χ3n) is 5.40. The summed E-state index contributed by atoms with van der Waals surface area (Å²) in [6.07, 6.45) is 2.11. The van der Waals surface area contributed by atoms with Crippen LogP contribution in [0, 0.1) is 0 Å². The number of thioether (sulfide) groups is 1. The highest BCUT2D eigenvalue weighted by atomic mass is 32.2. The minimum atomic E-state index is -0.0287. The van der Waals surface area contributed by atoms with Crippen LogP contribution in [0.1, 0.15) is 28.9 Å². The lowest BCUT2D eigenvalue weighted by molar-refractivity contribution is 0.0952. The van der Waals surface area contributed by atoms with E-state index in [2.05, 4.69) is 5.32 Å². The van der Waals surface area contributed by atoms with Crippen LogP contribution in [0.25, 0.3) is 21.5 Å². The van der Waals surface area contributed by atoms with Crippen molar-refractivity contribution in [3.63, 3.8) is 0 Å². The molecule has 5 rings (SSSR count). The summed E-state index contributed by atoms with van der Waals surface area (Å²) in [6.45, 7) is 0. The van der Waals surface area contributed by atoms with Crippen molar-refractivity contribution in [2.75, 3.05) is 14.2 Å². The smallest absolute Gasteiger partial charge is 0.252 e. The molecule has 0 atom stereocenters. The molecular formula is C25H23N3O3S2. The molecule has 1 aliphatic carbocycles. The number of aromatic nitrogens is 2. The average Bonchev–Trinajstić information content (AvgIpc) is 3.54. The lowest BCUT2D eigenvalue weighted by atomic mass is 10.1. The molecule has 1 saturated carbocycles. The Labute approximate surface area is 200 Å². The van der Waals surface area contributed by atoms with Gasteiger partial charge >= 0.3 is 0 Å². The molecule has 8 heteroatoms. The summed E-state index contributed by atoms with van der Waals surface area (Å²) in [6, 6.07) is 15.8. The second-order valence-electron chi connectivity index (χ2n) is 7.75. The van der Waals surface area contributed by atoms with Gasteiger partial charge in [-0.1, -0.05) is 36.0 Å². The summed E-state index contributed by atoms with van der Waals surface area (Å²) in [5.74, 6) is 1.98. The third kappa shape index (κ3) is 4.67. The minimum absolute atomic E-state index is 0.0287. The van der Waals surface area contributed by atoms with Gasteiger partial charge in [-0.05, 0) is 37.1 Å². The average molecular weight is 478 g/mol. The third-order valence-corrected chi connectivity index (χ3v) is 7.27. The summed E-state index contributed by atoms with van der Waals surface area (Å²) in [7, 11) is 3.26. The molecule has 0 bridgehead atoms. The first-order valence-electron chi connectivity index (χ1n) is 10.7. The minimum Gasteiger partial charge on any atom is -0.493 e. The van der Waals surface area contributed by atoms with Crippen LogP contribution in [0.4, 0.5) is 0 Å². The van der Waals surface area contributed by atoms with Gasteiger partial charge in [0.15, 0.2) is 11.5 Å². The number of nitrogens with one attached hydrogen (secondary N) is 1. The Kier molecular flexibility index (Phi) is 6.20. The number of carbonyl (C=O) groups excluding carboxylic acids is 1. The highest BCUT2D eigenvalue weighted by Crippen LogP contribution is 2.39. The highest BCUT2D eigenvalue weighted by molar-refractivity contribution is 7.98. The number of ether oxygens (including phenoxy) is 2. The molecule has 4 aromatic rings. The van der Waals surface area contributed by atoms with Crippen molar-refractivity contribution >= 4 is 39.9 Å². The SMILES string of the molecule is COc1cccc(-c2nc(CSc3cc(C(=O)NC4CC4)c4ccccc4n3)cs2)c1OC.